The van der Waals surface area contributed by atoms with Crippen LogP contribution < -0.4 is 0 Å². The van der Waals surface area contributed by atoms with E-state index < -0.39 is 97.5 Å². The van der Waals surface area contributed by atoms with E-state index in [4.69, 9.17) is 37.0 Å². The van der Waals surface area contributed by atoms with Gasteiger partial charge in [-0.1, -0.05) is 401 Å². The van der Waals surface area contributed by atoms with Gasteiger partial charge in [-0.15, -0.1) is 0 Å². The smallest absolute Gasteiger partial charge is 0.462 e. The van der Waals surface area contributed by atoms with Crippen LogP contribution in [-0.4, -0.2) is 96.7 Å². The monoisotopic (exact) mass is 1510 g/mol. The molecule has 0 rings (SSSR count). The number of unbranched alkanes of at least 4 members (excludes halogenated alkanes) is 55. The van der Waals surface area contributed by atoms with Crippen molar-refractivity contribution in [1.82, 2.24) is 0 Å². The first kappa shape index (κ1) is 101. The minimum Gasteiger partial charge on any atom is -0.462 e. The SMILES string of the molecule is CCCCCCCCCCCCCCCCCCCCC(=O)OC[C@H](COP(=O)(O)OC[C@@H](O)COP(=O)(O)OC[C@@H](COC(=O)CCCCCCCCCCC)OC(=O)CCCCCCCCCCCCCCCC)OC(=O)CCCCCCCCCCCCCCCCCCCCC(C)CC. The highest BCUT2D eigenvalue weighted by Crippen LogP contribution is 2.45. The van der Waals surface area contributed by atoms with Gasteiger partial charge >= 0.3 is 39.5 Å². The fraction of sp³-hybridized carbons (Fsp3) is 0.952. The molecule has 0 aromatic rings. The molecule has 103 heavy (non-hydrogen) atoms. The highest BCUT2D eigenvalue weighted by Gasteiger charge is 2.30. The van der Waals surface area contributed by atoms with Crippen LogP contribution in [0.5, 0.6) is 0 Å². The predicted octanol–water partition coefficient (Wildman–Crippen LogP) is 25.6. The molecule has 0 saturated heterocycles. The van der Waals surface area contributed by atoms with Gasteiger partial charge in [0.25, 0.3) is 0 Å². The van der Waals surface area contributed by atoms with E-state index in [0.29, 0.717) is 25.7 Å². The summed E-state index contributed by atoms with van der Waals surface area (Å²) in [6.45, 7) is 7.40. The first-order valence-electron chi connectivity index (χ1n) is 43.7. The average molecular weight is 1510 g/mol. The van der Waals surface area contributed by atoms with Crippen molar-refractivity contribution in [3.63, 3.8) is 0 Å². The summed E-state index contributed by atoms with van der Waals surface area (Å²) >= 11 is 0. The van der Waals surface area contributed by atoms with Crippen LogP contribution in [0.1, 0.15) is 452 Å². The third-order valence-electron chi connectivity index (χ3n) is 20.1. The minimum atomic E-state index is -4.96. The standard InChI is InChI=1S/C84H164O17P2/c1-6-10-13-16-19-22-24-26-28-29-33-36-40-43-48-53-58-63-68-82(87)95-74-80(101-84(89)70-65-60-55-50-45-41-37-34-31-30-32-35-38-42-47-51-56-61-66-77(5)9-4)76-99-103(92,93)97-72-78(85)71-96-102(90,91)98-75-79(73-94-81(86)67-62-57-52-46-21-18-15-12-8-3)100-83(88)69-64-59-54-49-44-39-27-25-23-20-17-14-11-7-2/h77-80,85H,6-76H2,1-5H3,(H,90,91)(H,92,93)/t77?,78-,79+,80+/m0/s1. The van der Waals surface area contributed by atoms with E-state index >= 15 is 0 Å². The molecule has 612 valence electrons. The number of aliphatic hydroxyl groups excluding tert-OH is 1. The average Bonchev–Trinajstić information content (AvgIpc) is 0.932. The lowest BCUT2D eigenvalue weighted by molar-refractivity contribution is -0.161. The molecular formula is C84H164O17P2. The molecule has 0 saturated carbocycles. The number of phosphoric ester groups is 2. The van der Waals surface area contributed by atoms with Gasteiger partial charge in [0.2, 0.25) is 0 Å². The van der Waals surface area contributed by atoms with Crippen LogP contribution in [-0.2, 0) is 65.4 Å². The van der Waals surface area contributed by atoms with Gasteiger partial charge in [0, 0.05) is 25.7 Å². The van der Waals surface area contributed by atoms with Gasteiger partial charge in [-0.3, -0.25) is 37.3 Å². The normalized spacial score (nSPS) is 14.1. The molecule has 0 amide bonds. The maximum absolute atomic E-state index is 13.1. The minimum absolute atomic E-state index is 0.108. The second-order valence-corrected chi connectivity index (χ2v) is 33.4. The summed E-state index contributed by atoms with van der Waals surface area (Å²) in [6.07, 6.45) is 69.4. The third-order valence-corrected chi connectivity index (χ3v) is 22.0. The van der Waals surface area contributed by atoms with Gasteiger partial charge in [0.05, 0.1) is 26.4 Å². The molecule has 3 N–H and O–H groups in total. The van der Waals surface area contributed by atoms with Gasteiger partial charge in [-0.05, 0) is 31.6 Å². The van der Waals surface area contributed by atoms with Gasteiger partial charge in [-0.2, -0.15) is 0 Å². The van der Waals surface area contributed by atoms with Crippen molar-refractivity contribution in [2.24, 2.45) is 5.92 Å². The van der Waals surface area contributed by atoms with Crippen molar-refractivity contribution >= 4 is 39.5 Å². The summed E-state index contributed by atoms with van der Waals surface area (Å²) in [4.78, 5) is 73.1. The van der Waals surface area contributed by atoms with Gasteiger partial charge < -0.3 is 33.8 Å². The lowest BCUT2D eigenvalue weighted by Gasteiger charge is -2.21. The molecule has 0 aliphatic rings. The zero-order valence-corrected chi connectivity index (χ0v) is 69.3. The van der Waals surface area contributed by atoms with Crippen molar-refractivity contribution in [3.8, 4) is 0 Å². The van der Waals surface area contributed by atoms with Crippen molar-refractivity contribution in [2.45, 2.75) is 470 Å². The maximum Gasteiger partial charge on any atom is 0.472 e. The van der Waals surface area contributed by atoms with Crippen molar-refractivity contribution < 1.29 is 80.2 Å². The molecule has 3 unspecified atom stereocenters. The van der Waals surface area contributed by atoms with Crippen LogP contribution in [0.15, 0.2) is 0 Å². The largest absolute Gasteiger partial charge is 0.472 e. The molecule has 0 aromatic carbocycles. The Morgan fingerprint density at radius 3 is 0.689 bits per heavy atom. The summed E-state index contributed by atoms with van der Waals surface area (Å²) in [5.74, 6) is -1.23. The Morgan fingerprint density at radius 2 is 0.466 bits per heavy atom. The molecule has 0 heterocycles. The molecule has 0 radical (unpaired) electrons. The fourth-order valence-electron chi connectivity index (χ4n) is 13.1. The van der Waals surface area contributed by atoms with Gasteiger partial charge in [0.1, 0.15) is 19.3 Å². The van der Waals surface area contributed by atoms with Gasteiger partial charge in [0.15, 0.2) is 12.2 Å². The summed E-state index contributed by atoms with van der Waals surface area (Å²) in [5.41, 5.74) is 0. The summed E-state index contributed by atoms with van der Waals surface area (Å²) < 4.78 is 68.8. The topological polar surface area (TPSA) is 237 Å². The van der Waals surface area contributed by atoms with Crippen LogP contribution in [0.3, 0.4) is 0 Å². The molecule has 0 aromatic heterocycles. The van der Waals surface area contributed by atoms with Crippen molar-refractivity contribution in [2.75, 3.05) is 39.6 Å². The second-order valence-electron chi connectivity index (χ2n) is 30.5. The second kappa shape index (κ2) is 76.8. The lowest BCUT2D eigenvalue weighted by atomic mass is 9.99. The number of aliphatic hydroxyl groups is 1. The third kappa shape index (κ3) is 76.6. The van der Waals surface area contributed by atoms with Gasteiger partial charge in [-0.25, -0.2) is 9.13 Å². The van der Waals surface area contributed by atoms with E-state index in [1.165, 1.54) is 276 Å². The highest BCUT2D eigenvalue weighted by molar-refractivity contribution is 7.47. The first-order valence-corrected chi connectivity index (χ1v) is 46.7. The van der Waals surface area contributed by atoms with E-state index in [-0.39, 0.29) is 25.7 Å². The lowest BCUT2D eigenvalue weighted by Crippen LogP contribution is -2.30. The van der Waals surface area contributed by atoms with E-state index in [0.717, 1.165) is 95.8 Å². The molecule has 17 nitrogen and oxygen atoms in total. The zero-order chi connectivity index (χ0) is 75.5. The molecule has 0 fully saturated rings. The first-order chi connectivity index (χ1) is 50.1. The van der Waals surface area contributed by atoms with Crippen LogP contribution in [0.2, 0.25) is 0 Å². The quantitative estimate of drug-likeness (QED) is 0.0222. The van der Waals surface area contributed by atoms with Crippen LogP contribution in [0, 0.1) is 5.92 Å². The number of hydrogen-bond donors (Lipinski definition) is 3. The van der Waals surface area contributed by atoms with E-state index in [9.17, 15) is 43.2 Å². The van der Waals surface area contributed by atoms with E-state index in [1.54, 1.807) is 0 Å². The Hall–Kier alpha value is -1.94. The summed E-state index contributed by atoms with van der Waals surface area (Å²) in [7, 11) is -9.92. The molecule has 0 bridgehead atoms. The molecular weight excluding hydrogens is 1340 g/mol. The number of esters is 4. The Bertz CT molecular complexity index is 1960. The summed E-state index contributed by atoms with van der Waals surface area (Å²) in [5, 5.41) is 10.7. The van der Waals surface area contributed by atoms with Crippen LogP contribution in [0.25, 0.3) is 0 Å². The number of rotatable bonds is 84. The number of carbonyl (C=O) groups is 4. The number of hydrogen-bond acceptors (Lipinski definition) is 15. The fourth-order valence-corrected chi connectivity index (χ4v) is 14.7. The Kier molecular flexibility index (Phi) is 75.4. The molecule has 6 atom stereocenters. The van der Waals surface area contributed by atoms with Crippen molar-refractivity contribution in [1.29, 1.82) is 0 Å². The Morgan fingerprint density at radius 1 is 0.272 bits per heavy atom. The molecule has 0 spiro atoms. The number of phosphoric acid groups is 2. The maximum atomic E-state index is 13.1. The molecule has 0 aliphatic heterocycles. The van der Waals surface area contributed by atoms with Crippen LogP contribution >= 0.6 is 15.6 Å². The van der Waals surface area contributed by atoms with E-state index in [2.05, 4.69) is 34.6 Å². The van der Waals surface area contributed by atoms with Crippen LogP contribution in [0.4, 0.5) is 0 Å². The zero-order valence-electron chi connectivity index (χ0n) is 67.5. The molecule has 0 aliphatic carbocycles. The Labute approximate surface area is 632 Å². The van der Waals surface area contributed by atoms with E-state index in [1.807, 2.05) is 0 Å². The highest BCUT2D eigenvalue weighted by atomic mass is 31.2. The Balaban J connectivity index is 5.20. The molecule has 19 heteroatoms. The number of carbonyl (C=O) groups excluding carboxylic acids is 4. The predicted molar refractivity (Wildman–Crippen MR) is 423 cm³/mol. The number of ether oxygens (including phenoxy) is 4. The van der Waals surface area contributed by atoms with Crippen molar-refractivity contribution in [3.05, 3.63) is 0 Å². The summed E-state index contributed by atoms with van der Waals surface area (Å²) in [6, 6.07) is 0.